The van der Waals surface area contributed by atoms with Crippen LogP contribution in [0.5, 0.6) is 0 Å². The van der Waals surface area contributed by atoms with Crippen molar-refractivity contribution in [3.8, 4) is 16.9 Å². The molecule has 1 aromatic heterocycles. The van der Waals surface area contributed by atoms with Gasteiger partial charge in [-0.25, -0.2) is 27.5 Å². The quantitative estimate of drug-likeness (QED) is 0.104. The molecule has 1 saturated heterocycles. The fraction of sp³-hybridized carbons (Fsp3) is 0.273. The van der Waals surface area contributed by atoms with Crippen molar-refractivity contribution in [3.63, 3.8) is 0 Å². The minimum atomic E-state index is -4.73. The summed E-state index contributed by atoms with van der Waals surface area (Å²) in [5, 5.41) is 21.0. The Hall–Kier alpha value is -5.98. The lowest BCUT2D eigenvalue weighted by molar-refractivity contribution is -0.715. The summed E-state index contributed by atoms with van der Waals surface area (Å²) in [6.45, 7) is 3.18. The van der Waals surface area contributed by atoms with Gasteiger partial charge < -0.3 is 14.8 Å². The topological polar surface area (TPSA) is 179 Å². The van der Waals surface area contributed by atoms with Crippen LogP contribution >= 0.6 is 0 Å². The molecule has 2 unspecified atom stereocenters. The van der Waals surface area contributed by atoms with Gasteiger partial charge in [0.15, 0.2) is 5.69 Å². The number of carbonyl (C=O) groups is 3. The number of carbonyl (C=O) groups excluding carboxylic acids is 3. The van der Waals surface area contributed by atoms with Crippen LogP contribution in [0.4, 0.5) is 18.0 Å². The molecule has 52 heavy (non-hydrogen) atoms. The normalized spacial score (nSPS) is 17.2. The largest absolute Gasteiger partial charge is 0.569 e. The van der Waals surface area contributed by atoms with Gasteiger partial charge in [-0.05, 0) is 69.2 Å². The fourth-order valence-corrected chi connectivity index (χ4v) is 6.55. The van der Waals surface area contributed by atoms with Crippen LogP contribution in [-0.2, 0) is 25.8 Å². The summed E-state index contributed by atoms with van der Waals surface area (Å²) < 4.78 is 74.8. The molecule has 3 aromatic carbocycles. The van der Waals surface area contributed by atoms with Crippen molar-refractivity contribution in [3.05, 3.63) is 106 Å². The summed E-state index contributed by atoms with van der Waals surface area (Å²) in [5.74, 6) is -1.21. The number of aryl methyl sites for hydroxylation is 1. The van der Waals surface area contributed by atoms with E-state index >= 15 is 0 Å². The van der Waals surface area contributed by atoms with Crippen LogP contribution in [0.3, 0.4) is 0 Å². The Morgan fingerprint density at radius 2 is 1.67 bits per heavy atom. The first-order chi connectivity index (χ1) is 24.6. The first-order valence-electron chi connectivity index (χ1n) is 15.8. The van der Waals surface area contributed by atoms with E-state index in [1.807, 2.05) is 6.92 Å². The van der Waals surface area contributed by atoms with Crippen LogP contribution in [0.25, 0.3) is 16.9 Å². The minimum absolute atomic E-state index is 0.0852. The lowest BCUT2D eigenvalue weighted by Crippen LogP contribution is -2.46. The smallest absolute Gasteiger partial charge is 0.435 e. The Morgan fingerprint density at radius 3 is 2.29 bits per heavy atom. The zero-order valence-corrected chi connectivity index (χ0v) is 28.3. The molecule has 272 valence electrons. The van der Waals surface area contributed by atoms with Gasteiger partial charge >= 0.3 is 12.3 Å². The molecule has 0 bridgehead atoms. The maximum atomic E-state index is 13.6. The van der Waals surface area contributed by atoms with Gasteiger partial charge in [-0.2, -0.15) is 18.3 Å². The average molecular weight is 742 g/mol. The van der Waals surface area contributed by atoms with Crippen molar-refractivity contribution < 1.29 is 50.5 Å². The second kappa shape index (κ2) is 14.0. The highest BCUT2D eigenvalue weighted by molar-refractivity contribution is 7.90. The number of rotatable bonds is 9. The van der Waals surface area contributed by atoms with Crippen LogP contribution in [0.1, 0.15) is 51.7 Å². The zero-order chi connectivity index (χ0) is 37.4. The maximum absolute atomic E-state index is 13.6. The highest BCUT2D eigenvalue weighted by Gasteiger charge is 2.40. The number of halogens is 3. The number of nitrogens with one attached hydrogen (secondary N) is 1. The van der Waals surface area contributed by atoms with Crippen LogP contribution in [0.2, 0.25) is 0 Å². The van der Waals surface area contributed by atoms with Gasteiger partial charge in [-0.3, -0.25) is 9.59 Å². The van der Waals surface area contributed by atoms with Crippen LogP contribution in [-0.4, -0.2) is 76.4 Å². The second-order valence-electron chi connectivity index (χ2n) is 11.9. The van der Waals surface area contributed by atoms with E-state index < -0.39 is 52.1 Å². The second-order valence-corrected chi connectivity index (χ2v) is 13.6. The Bertz CT molecular complexity index is 2120. The number of hydrazine groups is 1. The molecule has 1 fully saturated rings. The Kier molecular flexibility index (Phi) is 9.63. The third-order valence-electron chi connectivity index (χ3n) is 8.29. The Balaban J connectivity index is 1.07. The fourth-order valence-electron chi connectivity index (χ4n) is 5.67. The first kappa shape index (κ1) is 35.8. The SMILES string of the molecule is Cc1ccc(-c2cc(C(F)(F)F)nn2-c2ccc(S(=O)(=O)NC(=O)OC3CCCN(/[N+]([O-])=N/OC(C)N4C(=O)c5ccccc5C4=O)C3)cc2)cc1. The molecular formula is C33H30F3N7O8S. The molecule has 0 aliphatic carbocycles. The summed E-state index contributed by atoms with van der Waals surface area (Å²) in [6.07, 6.45) is -7.59. The molecule has 2 atom stereocenters. The van der Waals surface area contributed by atoms with Gasteiger partial charge in [0, 0.05) is 5.56 Å². The van der Waals surface area contributed by atoms with E-state index in [1.165, 1.54) is 31.2 Å². The molecule has 0 spiro atoms. The molecule has 2 aliphatic rings. The van der Waals surface area contributed by atoms with E-state index in [1.54, 1.807) is 41.1 Å². The number of hydrogen-bond acceptors (Lipinski definition) is 10. The van der Waals surface area contributed by atoms with Crippen molar-refractivity contribution in [2.24, 2.45) is 5.28 Å². The van der Waals surface area contributed by atoms with E-state index in [9.17, 15) is 41.2 Å². The summed E-state index contributed by atoms with van der Waals surface area (Å²) in [5.41, 5.74) is 0.856. The van der Waals surface area contributed by atoms with Gasteiger partial charge in [0.05, 0.1) is 38.9 Å². The number of fused-ring (bicyclic) bond motifs is 1. The van der Waals surface area contributed by atoms with Crippen LogP contribution in [0.15, 0.2) is 89.0 Å². The van der Waals surface area contributed by atoms with Gasteiger partial charge in [0.2, 0.25) is 11.5 Å². The lowest BCUT2D eigenvalue weighted by Gasteiger charge is -2.28. The van der Waals surface area contributed by atoms with E-state index in [4.69, 9.17) is 9.57 Å². The zero-order valence-electron chi connectivity index (χ0n) is 27.5. The summed E-state index contributed by atoms with van der Waals surface area (Å²) in [6, 6.07) is 18.5. The van der Waals surface area contributed by atoms with E-state index in [0.717, 1.165) is 38.4 Å². The number of benzene rings is 3. The number of imide groups is 1. The number of amides is 3. The Morgan fingerprint density at radius 1 is 1.04 bits per heavy atom. The van der Waals surface area contributed by atoms with E-state index in [2.05, 4.69) is 10.4 Å². The van der Waals surface area contributed by atoms with Crippen molar-refractivity contribution >= 4 is 27.9 Å². The first-order valence-corrected chi connectivity index (χ1v) is 17.2. The number of aromatic nitrogens is 2. The molecule has 6 rings (SSSR count). The van der Waals surface area contributed by atoms with E-state index in [0.29, 0.717) is 12.0 Å². The minimum Gasteiger partial charge on any atom is -0.569 e. The molecule has 3 heterocycles. The standard InChI is InChI=1S/C33H30F3N7O8S/c1-20-9-11-22(12-10-20)28-18-29(33(34,35)36)37-42(28)23-13-15-25(16-14-23)52(48,49)38-32(46)50-24-6-5-17-40(19-24)43(47)39-51-21(2)41-30(44)26-7-3-4-8-27(26)31(41)45/h3-4,7-16,18,21,24H,5-6,17,19H2,1-2H3,(H,38,46)/b43-39-. The van der Waals surface area contributed by atoms with Crippen LogP contribution < -0.4 is 4.72 Å². The maximum Gasteiger partial charge on any atom is 0.435 e. The number of hydrogen-bond donors (Lipinski definition) is 1. The van der Waals surface area contributed by atoms with Crippen LogP contribution in [0, 0.1) is 12.1 Å². The highest BCUT2D eigenvalue weighted by Crippen LogP contribution is 2.33. The monoisotopic (exact) mass is 741 g/mol. The number of piperidine rings is 1. The number of ether oxygens (including phenoxy) is 1. The molecule has 2 aliphatic heterocycles. The predicted molar refractivity (Wildman–Crippen MR) is 174 cm³/mol. The molecule has 19 heteroatoms. The van der Waals surface area contributed by atoms with Gasteiger partial charge in [-0.1, -0.05) is 42.0 Å². The predicted octanol–water partition coefficient (Wildman–Crippen LogP) is 5.20. The number of sulfonamides is 1. The third kappa shape index (κ3) is 7.39. The summed E-state index contributed by atoms with van der Waals surface area (Å²) >= 11 is 0. The molecule has 1 N–H and O–H groups in total. The van der Waals surface area contributed by atoms with Crippen molar-refractivity contribution in [2.75, 3.05) is 13.1 Å². The molecule has 4 aromatic rings. The number of nitrogens with zero attached hydrogens (tertiary/aromatic N) is 6. The highest BCUT2D eigenvalue weighted by atomic mass is 32.2. The Labute approximate surface area is 294 Å². The van der Waals surface area contributed by atoms with Gasteiger partial charge in [0.25, 0.3) is 21.8 Å². The number of alkyl halides is 3. The molecule has 0 radical (unpaired) electrons. The molecule has 0 saturated carbocycles. The molecule has 3 amide bonds. The summed E-state index contributed by atoms with van der Waals surface area (Å²) in [7, 11) is -4.50. The van der Waals surface area contributed by atoms with E-state index in [-0.39, 0.29) is 51.9 Å². The molecule has 15 nitrogen and oxygen atoms in total. The van der Waals surface area contributed by atoms with Gasteiger partial charge in [0.1, 0.15) is 12.6 Å². The average Bonchev–Trinajstić information content (AvgIpc) is 3.67. The third-order valence-corrected chi connectivity index (χ3v) is 9.62. The van der Waals surface area contributed by atoms with Gasteiger partial charge in [-0.15, -0.1) is 5.01 Å². The van der Waals surface area contributed by atoms with Crippen molar-refractivity contribution in [1.82, 2.24) is 24.4 Å². The molecular weight excluding hydrogens is 711 g/mol. The van der Waals surface area contributed by atoms with Crippen molar-refractivity contribution in [2.45, 2.75) is 50.1 Å². The van der Waals surface area contributed by atoms with Crippen molar-refractivity contribution in [1.29, 1.82) is 0 Å². The summed E-state index contributed by atoms with van der Waals surface area (Å²) in [4.78, 5) is 43.6. The lowest BCUT2D eigenvalue weighted by atomic mass is 10.1.